The quantitative estimate of drug-likeness (QED) is 0.686. The van der Waals surface area contributed by atoms with Crippen molar-refractivity contribution in [3.8, 4) is 16.3 Å². The van der Waals surface area contributed by atoms with Gasteiger partial charge in [-0.1, -0.05) is 12.1 Å². The van der Waals surface area contributed by atoms with Crippen LogP contribution in [0, 0.1) is 0 Å². The number of hydrogen-bond acceptors (Lipinski definition) is 5. The van der Waals surface area contributed by atoms with E-state index >= 15 is 0 Å². The topological polar surface area (TPSA) is 51.2 Å². The summed E-state index contributed by atoms with van der Waals surface area (Å²) in [6.07, 6.45) is 0.297. The predicted octanol–water partition coefficient (Wildman–Crippen LogP) is 4.84. The van der Waals surface area contributed by atoms with Crippen molar-refractivity contribution < 1.29 is 9.53 Å². The Hall–Kier alpha value is -2.18. The number of thiophene rings is 1. The maximum atomic E-state index is 12.3. The van der Waals surface area contributed by atoms with Gasteiger partial charge in [-0.2, -0.15) is 11.3 Å². The summed E-state index contributed by atoms with van der Waals surface area (Å²) < 4.78 is 5.72. The Morgan fingerprint density at radius 2 is 2.08 bits per heavy atom. The molecule has 0 fully saturated rings. The number of carbonyl (C=O) groups is 1. The molecule has 2 heterocycles. The van der Waals surface area contributed by atoms with Crippen molar-refractivity contribution in [3.63, 3.8) is 0 Å². The average molecular weight is 358 g/mol. The SMILES string of the molecule is CC(C)Oc1ccccc1NC(=O)Cc1csc(-c2ccsc2)n1. The summed E-state index contributed by atoms with van der Waals surface area (Å²) in [6, 6.07) is 9.49. The van der Waals surface area contributed by atoms with Crippen LogP contribution in [0.2, 0.25) is 0 Å². The Morgan fingerprint density at radius 1 is 1.25 bits per heavy atom. The average Bonchev–Trinajstić information content (AvgIpc) is 3.19. The van der Waals surface area contributed by atoms with Crippen molar-refractivity contribution >= 4 is 34.3 Å². The second kappa shape index (κ2) is 7.59. The lowest BCUT2D eigenvalue weighted by Crippen LogP contribution is -2.16. The normalized spacial score (nSPS) is 10.8. The fourth-order valence-electron chi connectivity index (χ4n) is 2.19. The van der Waals surface area contributed by atoms with Gasteiger partial charge in [0.15, 0.2) is 0 Å². The number of anilines is 1. The van der Waals surface area contributed by atoms with Crippen LogP contribution >= 0.6 is 22.7 Å². The fourth-order valence-corrected chi connectivity index (χ4v) is 3.72. The van der Waals surface area contributed by atoms with Gasteiger partial charge < -0.3 is 10.1 Å². The summed E-state index contributed by atoms with van der Waals surface area (Å²) in [5, 5.41) is 9.87. The lowest BCUT2D eigenvalue weighted by Gasteiger charge is -2.14. The first-order chi connectivity index (χ1) is 11.6. The van der Waals surface area contributed by atoms with Gasteiger partial charge in [-0.05, 0) is 37.4 Å². The van der Waals surface area contributed by atoms with Crippen LogP contribution in [0.4, 0.5) is 5.69 Å². The number of nitrogens with zero attached hydrogens (tertiary/aromatic N) is 1. The summed E-state index contributed by atoms with van der Waals surface area (Å²) in [5.41, 5.74) is 2.57. The summed E-state index contributed by atoms with van der Waals surface area (Å²) in [4.78, 5) is 16.9. The van der Waals surface area contributed by atoms with Gasteiger partial charge >= 0.3 is 0 Å². The molecule has 0 atom stereocenters. The van der Waals surface area contributed by atoms with Crippen molar-refractivity contribution in [1.29, 1.82) is 0 Å². The largest absolute Gasteiger partial charge is 0.489 e. The number of nitrogens with one attached hydrogen (secondary N) is 1. The van der Waals surface area contributed by atoms with E-state index in [0.717, 1.165) is 16.3 Å². The number of amides is 1. The van der Waals surface area contributed by atoms with E-state index in [4.69, 9.17) is 4.74 Å². The zero-order valence-electron chi connectivity index (χ0n) is 13.5. The maximum Gasteiger partial charge on any atom is 0.230 e. The van der Waals surface area contributed by atoms with Crippen LogP contribution < -0.4 is 10.1 Å². The molecule has 2 aromatic heterocycles. The van der Waals surface area contributed by atoms with Crippen LogP contribution in [0.1, 0.15) is 19.5 Å². The molecule has 0 saturated carbocycles. The molecular formula is C18H18N2O2S2. The molecule has 0 bridgehead atoms. The Balaban J connectivity index is 1.66. The van der Waals surface area contributed by atoms with E-state index in [1.54, 1.807) is 22.7 Å². The first-order valence-corrected chi connectivity index (χ1v) is 9.46. The zero-order chi connectivity index (χ0) is 16.9. The van der Waals surface area contributed by atoms with Crippen LogP contribution in [0.5, 0.6) is 5.75 Å². The van der Waals surface area contributed by atoms with E-state index in [9.17, 15) is 4.79 Å². The number of benzene rings is 1. The molecule has 0 radical (unpaired) electrons. The molecule has 24 heavy (non-hydrogen) atoms. The van der Waals surface area contributed by atoms with Gasteiger partial charge in [-0.25, -0.2) is 4.98 Å². The highest BCUT2D eigenvalue weighted by Crippen LogP contribution is 2.27. The molecule has 124 valence electrons. The number of rotatable bonds is 6. The third kappa shape index (κ3) is 4.21. The van der Waals surface area contributed by atoms with E-state index in [-0.39, 0.29) is 18.4 Å². The standard InChI is InChI=1S/C18H18N2O2S2/c1-12(2)22-16-6-4-3-5-15(16)20-17(21)9-14-11-24-18(19-14)13-7-8-23-10-13/h3-8,10-12H,9H2,1-2H3,(H,20,21). The molecule has 1 N–H and O–H groups in total. The molecular weight excluding hydrogens is 340 g/mol. The lowest BCUT2D eigenvalue weighted by molar-refractivity contribution is -0.115. The van der Waals surface area contributed by atoms with E-state index in [1.807, 2.05) is 54.9 Å². The molecule has 0 spiro atoms. The van der Waals surface area contributed by atoms with Crippen molar-refractivity contribution in [1.82, 2.24) is 4.98 Å². The van der Waals surface area contributed by atoms with Crippen LogP contribution in [-0.2, 0) is 11.2 Å². The van der Waals surface area contributed by atoms with Crippen LogP contribution in [0.3, 0.4) is 0 Å². The van der Waals surface area contributed by atoms with Gasteiger partial charge in [0, 0.05) is 16.3 Å². The molecule has 6 heteroatoms. The molecule has 1 amide bonds. The number of hydrogen-bond donors (Lipinski definition) is 1. The number of carbonyl (C=O) groups excluding carboxylic acids is 1. The molecule has 0 saturated heterocycles. The molecule has 0 aliphatic heterocycles. The number of thiazole rings is 1. The lowest BCUT2D eigenvalue weighted by atomic mass is 10.2. The molecule has 0 aliphatic rings. The third-order valence-electron chi connectivity index (χ3n) is 3.19. The molecule has 1 aromatic carbocycles. The summed E-state index contributed by atoms with van der Waals surface area (Å²) in [7, 11) is 0. The minimum atomic E-state index is -0.100. The third-order valence-corrected chi connectivity index (χ3v) is 4.81. The fraction of sp³-hybridized carbons (Fsp3) is 0.222. The highest BCUT2D eigenvalue weighted by molar-refractivity contribution is 7.14. The predicted molar refractivity (Wildman–Crippen MR) is 100.0 cm³/mol. The number of ether oxygens (including phenoxy) is 1. The Kier molecular flexibility index (Phi) is 5.27. The molecule has 4 nitrogen and oxygen atoms in total. The second-order valence-corrected chi connectivity index (χ2v) is 7.18. The second-order valence-electron chi connectivity index (χ2n) is 5.54. The Labute approximate surface area is 149 Å². The summed E-state index contributed by atoms with van der Waals surface area (Å²) >= 11 is 3.20. The minimum absolute atomic E-state index is 0.0507. The van der Waals surface area contributed by atoms with Crippen LogP contribution in [0.25, 0.3) is 10.6 Å². The first-order valence-electron chi connectivity index (χ1n) is 7.64. The van der Waals surface area contributed by atoms with Crippen LogP contribution in [0.15, 0.2) is 46.5 Å². The summed E-state index contributed by atoms with van der Waals surface area (Å²) in [6.45, 7) is 3.92. The number of para-hydroxylation sites is 2. The van der Waals surface area contributed by atoms with E-state index in [2.05, 4.69) is 15.7 Å². The van der Waals surface area contributed by atoms with Crippen molar-refractivity contribution in [2.24, 2.45) is 0 Å². The number of aromatic nitrogens is 1. The molecule has 3 aromatic rings. The highest BCUT2D eigenvalue weighted by Gasteiger charge is 2.12. The van der Waals surface area contributed by atoms with Crippen molar-refractivity contribution in [3.05, 3.63) is 52.2 Å². The van der Waals surface area contributed by atoms with Crippen molar-refractivity contribution in [2.75, 3.05) is 5.32 Å². The zero-order valence-corrected chi connectivity index (χ0v) is 15.1. The van der Waals surface area contributed by atoms with Gasteiger partial charge in [-0.15, -0.1) is 11.3 Å². The van der Waals surface area contributed by atoms with Gasteiger partial charge in [0.2, 0.25) is 5.91 Å². The van der Waals surface area contributed by atoms with Gasteiger partial charge in [-0.3, -0.25) is 4.79 Å². The maximum absolute atomic E-state index is 12.3. The molecule has 0 unspecified atom stereocenters. The first kappa shape index (κ1) is 16.7. The monoisotopic (exact) mass is 358 g/mol. The Bertz CT molecular complexity index is 810. The molecule has 0 aliphatic carbocycles. The van der Waals surface area contributed by atoms with Gasteiger partial charge in [0.05, 0.1) is 23.9 Å². The summed E-state index contributed by atoms with van der Waals surface area (Å²) in [5.74, 6) is 0.579. The molecule has 3 rings (SSSR count). The van der Waals surface area contributed by atoms with E-state index in [0.29, 0.717) is 11.4 Å². The van der Waals surface area contributed by atoms with Crippen molar-refractivity contribution in [2.45, 2.75) is 26.4 Å². The van der Waals surface area contributed by atoms with Gasteiger partial charge in [0.25, 0.3) is 0 Å². The van der Waals surface area contributed by atoms with Gasteiger partial charge in [0.1, 0.15) is 10.8 Å². The van der Waals surface area contributed by atoms with E-state index in [1.165, 1.54) is 0 Å². The van der Waals surface area contributed by atoms with E-state index < -0.39 is 0 Å². The smallest absolute Gasteiger partial charge is 0.230 e. The van der Waals surface area contributed by atoms with Crippen LogP contribution in [-0.4, -0.2) is 17.0 Å². The highest BCUT2D eigenvalue weighted by atomic mass is 32.1. The minimum Gasteiger partial charge on any atom is -0.489 e. The Morgan fingerprint density at radius 3 is 2.83 bits per heavy atom.